The zero-order valence-corrected chi connectivity index (χ0v) is 15.3. The third kappa shape index (κ3) is 3.47. The SMILES string of the molecule is N[C@@H]1CCC[C@@H]1C(=O)NCC1c2ccccc2C(=O)N1Cc1ccccc1. The second-order valence-corrected chi connectivity index (χ2v) is 7.47. The normalized spacial score (nSPS) is 24.1. The summed E-state index contributed by atoms with van der Waals surface area (Å²) in [4.78, 5) is 27.4. The van der Waals surface area contributed by atoms with Gasteiger partial charge < -0.3 is 16.0 Å². The van der Waals surface area contributed by atoms with Crippen molar-refractivity contribution < 1.29 is 9.59 Å². The molecule has 1 aliphatic carbocycles. The Bertz CT molecular complexity index is 836. The molecule has 1 aliphatic heterocycles. The van der Waals surface area contributed by atoms with Crippen molar-refractivity contribution in [3.63, 3.8) is 0 Å². The molecule has 2 aromatic carbocycles. The van der Waals surface area contributed by atoms with E-state index in [0.717, 1.165) is 36.0 Å². The molecule has 1 unspecified atom stereocenters. The minimum absolute atomic E-state index is 0.0106. The largest absolute Gasteiger partial charge is 0.353 e. The molecule has 4 rings (SSSR count). The number of hydrogen-bond donors (Lipinski definition) is 2. The molecule has 0 saturated heterocycles. The van der Waals surface area contributed by atoms with Crippen molar-refractivity contribution in [3.8, 4) is 0 Å². The van der Waals surface area contributed by atoms with Gasteiger partial charge in [-0.2, -0.15) is 0 Å². The Morgan fingerprint density at radius 1 is 1.07 bits per heavy atom. The molecule has 2 aromatic rings. The van der Waals surface area contributed by atoms with Crippen LogP contribution in [0.25, 0.3) is 0 Å². The smallest absolute Gasteiger partial charge is 0.255 e. The average Bonchev–Trinajstić information content (AvgIpc) is 3.23. The Labute approximate surface area is 159 Å². The first-order chi connectivity index (χ1) is 13.1. The molecule has 0 bridgehead atoms. The Morgan fingerprint density at radius 2 is 1.81 bits per heavy atom. The monoisotopic (exact) mass is 363 g/mol. The highest BCUT2D eigenvalue weighted by Gasteiger charge is 2.37. The molecule has 2 amide bonds. The lowest BCUT2D eigenvalue weighted by atomic mass is 10.0. The number of rotatable bonds is 5. The van der Waals surface area contributed by atoms with Gasteiger partial charge in [-0.1, -0.05) is 55.0 Å². The predicted octanol–water partition coefficient (Wildman–Crippen LogP) is 2.63. The van der Waals surface area contributed by atoms with Gasteiger partial charge in [0, 0.05) is 24.7 Å². The number of nitrogens with one attached hydrogen (secondary N) is 1. The number of amides is 2. The van der Waals surface area contributed by atoms with Gasteiger partial charge in [-0.3, -0.25) is 9.59 Å². The molecule has 5 heteroatoms. The highest BCUT2D eigenvalue weighted by molar-refractivity contribution is 5.99. The van der Waals surface area contributed by atoms with Crippen LogP contribution < -0.4 is 11.1 Å². The number of hydrogen-bond acceptors (Lipinski definition) is 3. The summed E-state index contributed by atoms with van der Waals surface area (Å²) in [5.74, 6) is -0.0808. The molecule has 3 atom stereocenters. The van der Waals surface area contributed by atoms with Crippen LogP contribution in [-0.4, -0.2) is 29.3 Å². The molecular weight excluding hydrogens is 338 g/mol. The molecule has 1 fully saturated rings. The summed E-state index contributed by atoms with van der Waals surface area (Å²) < 4.78 is 0. The summed E-state index contributed by atoms with van der Waals surface area (Å²) >= 11 is 0. The lowest BCUT2D eigenvalue weighted by Gasteiger charge is -2.27. The second kappa shape index (κ2) is 7.53. The standard InChI is InChI=1S/C22H25N3O2/c23-19-12-6-11-18(19)21(26)24-13-20-16-9-4-5-10-17(16)22(27)25(20)14-15-7-2-1-3-8-15/h1-5,7-10,18-20H,6,11-14,23H2,(H,24,26)/t18-,19+,20?/m0/s1. The maximum Gasteiger partial charge on any atom is 0.255 e. The Hall–Kier alpha value is -2.66. The minimum atomic E-state index is -0.157. The first-order valence-electron chi connectivity index (χ1n) is 9.62. The van der Waals surface area contributed by atoms with Crippen LogP contribution >= 0.6 is 0 Å². The van der Waals surface area contributed by atoms with E-state index in [1.165, 1.54) is 0 Å². The number of fused-ring (bicyclic) bond motifs is 1. The van der Waals surface area contributed by atoms with E-state index in [1.807, 2.05) is 59.5 Å². The third-order valence-corrected chi connectivity index (χ3v) is 5.76. The molecule has 5 nitrogen and oxygen atoms in total. The third-order valence-electron chi connectivity index (χ3n) is 5.76. The molecule has 1 heterocycles. The van der Waals surface area contributed by atoms with Crippen LogP contribution in [-0.2, 0) is 11.3 Å². The number of carbonyl (C=O) groups is 2. The van der Waals surface area contributed by atoms with Crippen molar-refractivity contribution in [2.24, 2.45) is 11.7 Å². The van der Waals surface area contributed by atoms with E-state index in [2.05, 4.69) is 5.32 Å². The molecule has 1 saturated carbocycles. The molecule has 0 radical (unpaired) electrons. The summed E-state index contributed by atoms with van der Waals surface area (Å²) in [6.45, 7) is 0.940. The predicted molar refractivity (Wildman–Crippen MR) is 104 cm³/mol. The summed E-state index contributed by atoms with van der Waals surface area (Å²) in [7, 11) is 0. The maximum atomic E-state index is 13.0. The molecule has 140 valence electrons. The maximum absolute atomic E-state index is 13.0. The van der Waals surface area contributed by atoms with Crippen molar-refractivity contribution in [1.29, 1.82) is 0 Å². The van der Waals surface area contributed by atoms with Crippen LogP contribution in [0.1, 0.15) is 46.8 Å². The molecule has 2 aliphatic rings. The Kier molecular flexibility index (Phi) is 4.94. The summed E-state index contributed by atoms with van der Waals surface area (Å²) in [5, 5.41) is 3.06. The van der Waals surface area contributed by atoms with E-state index in [4.69, 9.17) is 5.73 Å². The van der Waals surface area contributed by atoms with Gasteiger partial charge >= 0.3 is 0 Å². The van der Waals surface area contributed by atoms with E-state index in [9.17, 15) is 9.59 Å². The van der Waals surface area contributed by atoms with E-state index >= 15 is 0 Å². The van der Waals surface area contributed by atoms with Crippen molar-refractivity contribution in [2.75, 3.05) is 6.54 Å². The van der Waals surface area contributed by atoms with Crippen LogP contribution in [0.5, 0.6) is 0 Å². The van der Waals surface area contributed by atoms with Crippen LogP contribution in [0.2, 0.25) is 0 Å². The van der Waals surface area contributed by atoms with Gasteiger partial charge in [0.05, 0.1) is 12.0 Å². The summed E-state index contributed by atoms with van der Waals surface area (Å²) in [5.41, 5.74) is 8.85. The van der Waals surface area contributed by atoms with Crippen molar-refractivity contribution in [1.82, 2.24) is 10.2 Å². The average molecular weight is 363 g/mol. The van der Waals surface area contributed by atoms with Crippen molar-refractivity contribution >= 4 is 11.8 Å². The number of carbonyl (C=O) groups excluding carboxylic acids is 2. The highest BCUT2D eigenvalue weighted by Crippen LogP contribution is 2.34. The minimum Gasteiger partial charge on any atom is -0.353 e. The second-order valence-electron chi connectivity index (χ2n) is 7.47. The van der Waals surface area contributed by atoms with Crippen LogP contribution in [0.4, 0.5) is 0 Å². The van der Waals surface area contributed by atoms with Gasteiger partial charge in [-0.05, 0) is 30.0 Å². The lowest BCUT2D eigenvalue weighted by Crippen LogP contribution is -2.42. The lowest BCUT2D eigenvalue weighted by molar-refractivity contribution is -0.125. The van der Waals surface area contributed by atoms with E-state index in [-0.39, 0.29) is 29.8 Å². The van der Waals surface area contributed by atoms with Gasteiger partial charge in [0.15, 0.2) is 0 Å². The number of benzene rings is 2. The van der Waals surface area contributed by atoms with Gasteiger partial charge in [0.25, 0.3) is 5.91 Å². The van der Waals surface area contributed by atoms with Crippen LogP contribution in [0, 0.1) is 5.92 Å². The van der Waals surface area contributed by atoms with Crippen molar-refractivity contribution in [2.45, 2.75) is 37.9 Å². The molecule has 3 N–H and O–H groups in total. The van der Waals surface area contributed by atoms with Gasteiger partial charge in [0.1, 0.15) is 0 Å². The number of nitrogens with two attached hydrogens (primary N) is 1. The first-order valence-corrected chi connectivity index (χ1v) is 9.62. The van der Waals surface area contributed by atoms with Gasteiger partial charge in [-0.15, -0.1) is 0 Å². The molecular formula is C22H25N3O2. The fourth-order valence-corrected chi connectivity index (χ4v) is 4.27. The zero-order valence-electron chi connectivity index (χ0n) is 15.3. The Balaban J connectivity index is 1.53. The molecule has 0 aromatic heterocycles. The van der Waals surface area contributed by atoms with Crippen LogP contribution in [0.3, 0.4) is 0 Å². The molecule has 27 heavy (non-hydrogen) atoms. The summed E-state index contributed by atoms with van der Waals surface area (Å²) in [6.07, 6.45) is 2.76. The van der Waals surface area contributed by atoms with Gasteiger partial charge in [-0.25, -0.2) is 0 Å². The fourth-order valence-electron chi connectivity index (χ4n) is 4.27. The zero-order chi connectivity index (χ0) is 18.8. The molecule has 0 spiro atoms. The van der Waals surface area contributed by atoms with E-state index < -0.39 is 0 Å². The quantitative estimate of drug-likeness (QED) is 0.857. The van der Waals surface area contributed by atoms with Crippen LogP contribution in [0.15, 0.2) is 54.6 Å². The topological polar surface area (TPSA) is 75.4 Å². The summed E-state index contributed by atoms with van der Waals surface area (Å²) in [6, 6.07) is 17.4. The van der Waals surface area contributed by atoms with E-state index in [0.29, 0.717) is 13.1 Å². The fraction of sp³-hybridized carbons (Fsp3) is 0.364. The Morgan fingerprint density at radius 3 is 2.56 bits per heavy atom. The number of nitrogens with zero attached hydrogens (tertiary/aromatic N) is 1. The first kappa shape index (κ1) is 17.7. The van der Waals surface area contributed by atoms with Gasteiger partial charge in [0.2, 0.25) is 5.91 Å². The van der Waals surface area contributed by atoms with Crippen molar-refractivity contribution in [3.05, 3.63) is 71.3 Å². The van der Waals surface area contributed by atoms with E-state index in [1.54, 1.807) is 0 Å². The highest BCUT2D eigenvalue weighted by atomic mass is 16.2.